The number of hydrogen-bond donors (Lipinski definition) is 1. The average Bonchev–Trinajstić information content (AvgIpc) is 3.29. The Bertz CT molecular complexity index is 1190. The monoisotopic (exact) mass is 475 g/mol. The summed E-state index contributed by atoms with van der Waals surface area (Å²) in [5.74, 6) is 0.0330. The zero-order valence-corrected chi connectivity index (χ0v) is 20.4. The third-order valence-corrected chi connectivity index (χ3v) is 6.75. The second-order valence-electron chi connectivity index (χ2n) is 8.28. The van der Waals surface area contributed by atoms with E-state index >= 15 is 0 Å². The third kappa shape index (κ3) is 5.57. The lowest BCUT2D eigenvalue weighted by Gasteiger charge is -2.16. The fourth-order valence-electron chi connectivity index (χ4n) is 4.09. The number of carbonyl (C=O) groups is 2. The summed E-state index contributed by atoms with van der Waals surface area (Å²) in [4.78, 5) is 25.3. The van der Waals surface area contributed by atoms with Crippen LogP contribution in [0, 0.1) is 0 Å². The van der Waals surface area contributed by atoms with Crippen molar-refractivity contribution in [1.82, 2.24) is 0 Å². The Morgan fingerprint density at radius 3 is 2.56 bits per heavy atom. The maximum atomic E-state index is 12.6. The molecule has 0 radical (unpaired) electrons. The van der Waals surface area contributed by atoms with Crippen molar-refractivity contribution in [2.24, 2.45) is 0 Å². The molecule has 5 nitrogen and oxygen atoms in total. The van der Waals surface area contributed by atoms with E-state index in [0.717, 1.165) is 41.7 Å². The van der Waals surface area contributed by atoms with E-state index < -0.39 is 5.97 Å². The van der Waals surface area contributed by atoms with Crippen LogP contribution in [-0.2, 0) is 22.4 Å². The zero-order valence-electron chi connectivity index (χ0n) is 19.6. The van der Waals surface area contributed by atoms with Crippen LogP contribution in [0.1, 0.15) is 53.2 Å². The van der Waals surface area contributed by atoms with Gasteiger partial charge in [-0.05, 0) is 72.6 Å². The normalized spacial score (nSPS) is 12.9. The molecule has 0 saturated heterocycles. The zero-order chi connectivity index (χ0) is 23.9. The first kappa shape index (κ1) is 23.8. The van der Waals surface area contributed by atoms with Gasteiger partial charge in [0.1, 0.15) is 16.3 Å². The van der Waals surface area contributed by atoms with Gasteiger partial charge in [0.25, 0.3) is 0 Å². The van der Waals surface area contributed by atoms with Crippen LogP contribution in [0.4, 0.5) is 5.00 Å². The van der Waals surface area contributed by atoms with Crippen molar-refractivity contribution in [2.45, 2.75) is 39.0 Å². The first-order valence-corrected chi connectivity index (χ1v) is 12.5. The van der Waals surface area contributed by atoms with Crippen molar-refractivity contribution >= 4 is 34.3 Å². The minimum atomic E-state index is -0.462. The first-order valence-electron chi connectivity index (χ1n) is 11.6. The number of carbonyl (C=O) groups excluding carboxylic acids is 2. The Labute approximate surface area is 204 Å². The van der Waals surface area contributed by atoms with Crippen molar-refractivity contribution in [3.05, 3.63) is 76.2 Å². The number of rotatable bonds is 8. The van der Waals surface area contributed by atoms with Crippen LogP contribution in [0.15, 0.2) is 53.9 Å². The number of benzene rings is 2. The van der Waals surface area contributed by atoms with E-state index in [4.69, 9.17) is 9.47 Å². The lowest BCUT2D eigenvalue weighted by atomic mass is 9.89. The lowest BCUT2D eigenvalue weighted by molar-refractivity contribution is -0.111. The lowest BCUT2D eigenvalue weighted by Crippen LogP contribution is -2.11. The highest BCUT2D eigenvalue weighted by Crippen LogP contribution is 2.37. The quantitative estimate of drug-likeness (QED) is 0.297. The van der Waals surface area contributed by atoms with E-state index in [0.29, 0.717) is 17.2 Å². The molecule has 34 heavy (non-hydrogen) atoms. The predicted octanol–water partition coefficient (Wildman–Crippen LogP) is 6.52. The SMILES string of the molecule is CCCOc1ccc(/C=C/C(=O)Nc2scc(-c3ccc4c(c3)CCCC4)c2C(=O)OC)cc1. The van der Waals surface area contributed by atoms with Crippen molar-refractivity contribution in [3.8, 4) is 16.9 Å². The number of thiophene rings is 1. The summed E-state index contributed by atoms with van der Waals surface area (Å²) in [6.45, 7) is 2.74. The Morgan fingerprint density at radius 1 is 1.06 bits per heavy atom. The van der Waals surface area contributed by atoms with E-state index in [1.54, 1.807) is 6.08 Å². The summed E-state index contributed by atoms with van der Waals surface area (Å²) in [5, 5.41) is 5.25. The first-order chi connectivity index (χ1) is 16.6. The predicted molar refractivity (Wildman–Crippen MR) is 138 cm³/mol. The van der Waals surface area contributed by atoms with Crippen LogP contribution in [0.3, 0.4) is 0 Å². The van der Waals surface area contributed by atoms with Crippen LogP contribution in [0.25, 0.3) is 17.2 Å². The molecule has 4 rings (SSSR count). The van der Waals surface area contributed by atoms with Gasteiger partial charge < -0.3 is 14.8 Å². The van der Waals surface area contributed by atoms with Gasteiger partial charge in [-0.2, -0.15) is 0 Å². The van der Waals surface area contributed by atoms with Crippen LogP contribution in [-0.4, -0.2) is 25.6 Å². The topological polar surface area (TPSA) is 64.6 Å². The number of amides is 1. The highest BCUT2D eigenvalue weighted by molar-refractivity contribution is 7.15. The highest BCUT2D eigenvalue weighted by Gasteiger charge is 2.23. The molecule has 6 heteroatoms. The minimum Gasteiger partial charge on any atom is -0.494 e. The van der Waals surface area contributed by atoms with E-state index in [1.807, 2.05) is 29.6 Å². The van der Waals surface area contributed by atoms with Crippen LogP contribution < -0.4 is 10.1 Å². The molecule has 0 saturated carbocycles. The molecule has 1 aromatic heterocycles. The van der Waals surface area contributed by atoms with Gasteiger partial charge >= 0.3 is 5.97 Å². The average molecular weight is 476 g/mol. The van der Waals surface area contributed by atoms with Crippen LogP contribution in [0.5, 0.6) is 5.75 Å². The summed E-state index contributed by atoms with van der Waals surface area (Å²) in [6.07, 6.45) is 8.71. The molecule has 0 aliphatic heterocycles. The van der Waals surface area contributed by atoms with Gasteiger partial charge in [0, 0.05) is 17.0 Å². The van der Waals surface area contributed by atoms with Crippen molar-refractivity contribution in [1.29, 1.82) is 0 Å². The van der Waals surface area contributed by atoms with Crippen molar-refractivity contribution < 1.29 is 19.1 Å². The Balaban J connectivity index is 1.52. The number of anilines is 1. The van der Waals surface area contributed by atoms with Gasteiger partial charge in [-0.25, -0.2) is 4.79 Å². The van der Waals surface area contributed by atoms with Gasteiger partial charge in [0.2, 0.25) is 5.91 Å². The van der Waals surface area contributed by atoms with Gasteiger partial charge in [0.05, 0.1) is 13.7 Å². The number of hydrogen-bond acceptors (Lipinski definition) is 5. The summed E-state index contributed by atoms with van der Waals surface area (Å²) in [7, 11) is 1.36. The maximum absolute atomic E-state index is 12.6. The minimum absolute atomic E-state index is 0.310. The van der Waals surface area contributed by atoms with Gasteiger partial charge in [-0.3, -0.25) is 4.79 Å². The number of methoxy groups -OCH3 is 1. The molecule has 0 atom stereocenters. The number of nitrogens with one attached hydrogen (secondary N) is 1. The Morgan fingerprint density at radius 2 is 1.82 bits per heavy atom. The molecule has 0 unspecified atom stereocenters. The molecule has 1 N–H and O–H groups in total. The summed E-state index contributed by atoms with van der Waals surface area (Å²) >= 11 is 1.33. The fraction of sp³-hybridized carbons (Fsp3) is 0.286. The molecule has 2 aromatic carbocycles. The van der Waals surface area contributed by atoms with Crippen molar-refractivity contribution in [3.63, 3.8) is 0 Å². The van der Waals surface area contributed by atoms with Gasteiger partial charge in [-0.15, -0.1) is 11.3 Å². The highest BCUT2D eigenvalue weighted by atomic mass is 32.1. The largest absolute Gasteiger partial charge is 0.494 e. The Kier molecular flexibility index (Phi) is 7.80. The third-order valence-electron chi connectivity index (χ3n) is 5.86. The molecule has 0 spiro atoms. The van der Waals surface area contributed by atoms with Crippen LogP contribution >= 0.6 is 11.3 Å². The molecule has 0 fully saturated rings. The van der Waals surface area contributed by atoms with E-state index in [9.17, 15) is 9.59 Å². The molecule has 3 aromatic rings. The van der Waals surface area contributed by atoms with E-state index in [-0.39, 0.29) is 5.91 Å². The fourth-order valence-corrected chi connectivity index (χ4v) is 5.05. The van der Waals surface area contributed by atoms with E-state index in [2.05, 4.69) is 30.4 Å². The molecule has 1 amide bonds. The van der Waals surface area contributed by atoms with Crippen LogP contribution in [0.2, 0.25) is 0 Å². The molecular formula is C28H29NO4S. The second-order valence-corrected chi connectivity index (χ2v) is 9.16. The molecule has 176 valence electrons. The second kappa shape index (κ2) is 11.2. The number of fused-ring (bicyclic) bond motifs is 1. The number of ether oxygens (including phenoxy) is 2. The standard InChI is InChI=1S/C28H29NO4S/c1-3-16-33-23-13-8-19(9-14-23)10-15-25(30)29-27-26(28(31)32-2)24(18-34-27)22-12-11-20-6-4-5-7-21(20)17-22/h8-15,17-18H,3-7,16H2,1-2H3,(H,29,30)/b15-10+. The van der Waals surface area contributed by atoms with E-state index in [1.165, 1.54) is 48.5 Å². The van der Waals surface area contributed by atoms with Gasteiger partial charge in [-0.1, -0.05) is 37.3 Å². The molecule has 1 aliphatic carbocycles. The summed E-state index contributed by atoms with van der Waals surface area (Å²) in [6, 6.07) is 13.9. The molecule has 0 bridgehead atoms. The van der Waals surface area contributed by atoms with Gasteiger partial charge in [0.15, 0.2) is 0 Å². The molecule has 1 aliphatic rings. The Hall–Kier alpha value is -3.38. The number of aryl methyl sites for hydroxylation is 2. The molecule has 1 heterocycles. The maximum Gasteiger partial charge on any atom is 0.341 e. The summed E-state index contributed by atoms with van der Waals surface area (Å²) in [5.41, 5.74) is 5.75. The number of esters is 1. The molecular weight excluding hydrogens is 446 g/mol. The van der Waals surface area contributed by atoms with Crippen molar-refractivity contribution in [2.75, 3.05) is 19.0 Å². The summed E-state index contributed by atoms with van der Waals surface area (Å²) < 4.78 is 10.6. The smallest absolute Gasteiger partial charge is 0.341 e.